The van der Waals surface area contributed by atoms with Gasteiger partial charge in [-0.25, -0.2) is 4.39 Å². The monoisotopic (exact) mass is 311 g/mol. The zero-order valence-electron chi connectivity index (χ0n) is 12.0. The number of hydrogen-bond acceptors (Lipinski definition) is 5. The van der Waals surface area contributed by atoms with Gasteiger partial charge in [-0.15, -0.1) is 0 Å². The third kappa shape index (κ3) is 3.70. The number of halogens is 1. The van der Waals surface area contributed by atoms with Gasteiger partial charge >= 0.3 is 0 Å². The van der Waals surface area contributed by atoms with Crippen LogP contribution in [0.2, 0.25) is 0 Å². The molecule has 0 atom stereocenters. The van der Waals surface area contributed by atoms with Crippen molar-refractivity contribution in [2.75, 3.05) is 31.1 Å². The average Bonchev–Trinajstić information content (AvgIpc) is 2.52. The Balaban J connectivity index is 1.97. The Hall–Kier alpha value is -2.22. The van der Waals surface area contributed by atoms with Crippen LogP contribution in [0.3, 0.4) is 0 Å². The Kier molecular flexibility index (Phi) is 5.26. The van der Waals surface area contributed by atoms with E-state index in [1.807, 2.05) is 0 Å². The summed E-state index contributed by atoms with van der Waals surface area (Å²) in [5.41, 5.74) is 0.0410. The van der Waals surface area contributed by atoms with E-state index in [9.17, 15) is 19.3 Å². The van der Waals surface area contributed by atoms with Crippen LogP contribution in [0.5, 0.6) is 0 Å². The van der Waals surface area contributed by atoms with E-state index >= 15 is 0 Å². The zero-order chi connectivity index (χ0) is 16.1. The fourth-order valence-electron chi connectivity index (χ4n) is 2.57. The molecule has 1 aromatic rings. The van der Waals surface area contributed by atoms with Crippen molar-refractivity contribution in [1.29, 1.82) is 0 Å². The number of aliphatic hydroxyl groups is 1. The lowest BCUT2D eigenvalue weighted by molar-refractivity contribution is -0.385. The van der Waals surface area contributed by atoms with Crippen LogP contribution in [-0.2, 0) is 4.79 Å². The molecule has 1 saturated heterocycles. The Bertz CT molecular complexity index is 559. The number of hydrogen-bond donors (Lipinski definition) is 2. The zero-order valence-corrected chi connectivity index (χ0v) is 12.0. The first-order valence-electron chi connectivity index (χ1n) is 7.10. The van der Waals surface area contributed by atoms with Gasteiger partial charge in [0.25, 0.3) is 5.69 Å². The third-order valence-electron chi connectivity index (χ3n) is 3.76. The molecule has 7 nitrogen and oxygen atoms in total. The van der Waals surface area contributed by atoms with Crippen molar-refractivity contribution < 1.29 is 19.2 Å². The summed E-state index contributed by atoms with van der Waals surface area (Å²) < 4.78 is 14.0. The molecule has 1 aromatic carbocycles. The number of benzene rings is 1. The third-order valence-corrected chi connectivity index (χ3v) is 3.76. The van der Waals surface area contributed by atoms with Crippen LogP contribution in [0, 0.1) is 21.8 Å². The predicted octanol–water partition coefficient (Wildman–Crippen LogP) is 1.06. The number of nitro groups is 1. The van der Waals surface area contributed by atoms with Crippen LogP contribution in [0.1, 0.15) is 12.8 Å². The summed E-state index contributed by atoms with van der Waals surface area (Å²) in [4.78, 5) is 23.6. The molecule has 2 rings (SSSR count). The molecule has 1 amide bonds. The second-order valence-electron chi connectivity index (χ2n) is 5.17. The number of aliphatic hydroxyl groups excluding tert-OH is 1. The summed E-state index contributed by atoms with van der Waals surface area (Å²) in [6.45, 7) is 1.15. The first-order valence-corrected chi connectivity index (χ1v) is 7.10. The lowest BCUT2D eigenvalue weighted by Crippen LogP contribution is -2.41. The number of amides is 1. The molecule has 1 heterocycles. The molecular formula is C14H18FN3O4. The Labute approximate surface area is 126 Å². The van der Waals surface area contributed by atoms with Gasteiger partial charge in [-0.1, -0.05) is 0 Å². The highest BCUT2D eigenvalue weighted by Gasteiger charge is 2.26. The van der Waals surface area contributed by atoms with Gasteiger partial charge in [0.1, 0.15) is 0 Å². The molecule has 0 aliphatic carbocycles. The molecule has 0 spiro atoms. The van der Waals surface area contributed by atoms with E-state index in [0.29, 0.717) is 31.6 Å². The molecule has 1 fully saturated rings. The van der Waals surface area contributed by atoms with E-state index in [0.717, 1.165) is 6.07 Å². The average molecular weight is 311 g/mol. The summed E-state index contributed by atoms with van der Waals surface area (Å²) in [6.07, 6.45) is 1.15. The number of non-ortho nitro benzene ring substituents is 1. The molecular weight excluding hydrogens is 293 g/mol. The van der Waals surface area contributed by atoms with E-state index < -0.39 is 10.7 Å². The van der Waals surface area contributed by atoms with Gasteiger partial charge in [0, 0.05) is 31.6 Å². The Morgan fingerprint density at radius 3 is 2.68 bits per heavy atom. The molecule has 1 aliphatic rings. The maximum absolute atomic E-state index is 14.0. The highest BCUT2D eigenvalue weighted by molar-refractivity contribution is 5.79. The predicted molar refractivity (Wildman–Crippen MR) is 78.1 cm³/mol. The quantitative estimate of drug-likeness (QED) is 0.626. The molecule has 2 N–H and O–H groups in total. The van der Waals surface area contributed by atoms with Gasteiger partial charge in [0.2, 0.25) is 5.91 Å². The van der Waals surface area contributed by atoms with Crippen LogP contribution in [-0.4, -0.2) is 42.2 Å². The maximum atomic E-state index is 14.0. The van der Waals surface area contributed by atoms with Crippen molar-refractivity contribution in [1.82, 2.24) is 5.32 Å². The number of carbonyl (C=O) groups excluding carboxylic acids is 1. The molecule has 1 aliphatic heterocycles. The van der Waals surface area contributed by atoms with E-state index in [2.05, 4.69) is 5.32 Å². The molecule has 0 radical (unpaired) electrons. The SMILES string of the molecule is O=C(NCCO)C1CCN(c2ccc([N+](=O)[O-])cc2F)CC1. The van der Waals surface area contributed by atoms with Gasteiger partial charge in [0.05, 0.1) is 23.3 Å². The van der Waals surface area contributed by atoms with E-state index in [1.54, 1.807) is 4.90 Å². The standard InChI is InChI=1S/C14H18FN3O4/c15-12-9-11(18(21)22)1-2-13(12)17-6-3-10(4-7-17)14(20)16-5-8-19/h1-2,9-10,19H,3-8H2,(H,16,20). The lowest BCUT2D eigenvalue weighted by Gasteiger charge is -2.33. The first-order chi connectivity index (χ1) is 10.5. The van der Waals surface area contributed by atoms with Crippen LogP contribution in [0.4, 0.5) is 15.8 Å². The van der Waals surface area contributed by atoms with Crippen molar-refractivity contribution in [3.05, 3.63) is 34.1 Å². The van der Waals surface area contributed by atoms with Crippen LogP contribution >= 0.6 is 0 Å². The summed E-state index contributed by atoms with van der Waals surface area (Å²) >= 11 is 0. The molecule has 8 heteroatoms. The maximum Gasteiger partial charge on any atom is 0.272 e. The minimum absolute atomic E-state index is 0.0986. The minimum Gasteiger partial charge on any atom is -0.395 e. The largest absolute Gasteiger partial charge is 0.395 e. The molecule has 22 heavy (non-hydrogen) atoms. The van der Waals surface area contributed by atoms with Crippen molar-refractivity contribution in [3.63, 3.8) is 0 Å². The van der Waals surface area contributed by atoms with Crippen LogP contribution in [0.25, 0.3) is 0 Å². The topological polar surface area (TPSA) is 95.7 Å². The van der Waals surface area contributed by atoms with Crippen LogP contribution < -0.4 is 10.2 Å². The number of rotatable bonds is 5. The van der Waals surface area contributed by atoms with E-state index in [1.165, 1.54) is 12.1 Å². The summed E-state index contributed by atoms with van der Waals surface area (Å²) in [5, 5.41) is 21.9. The van der Waals surface area contributed by atoms with Crippen LogP contribution in [0.15, 0.2) is 18.2 Å². The lowest BCUT2D eigenvalue weighted by atomic mass is 9.95. The van der Waals surface area contributed by atoms with Crippen molar-refractivity contribution in [3.8, 4) is 0 Å². The summed E-state index contributed by atoms with van der Waals surface area (Å²) in [6, 6.07) is 3.59. The van der Waals surface area contributed by atoms with Gasteiger partial charge in [-0.05, 0) is 18.9 Å². The highest BCUT2D eigenvalue weighted by atomic mass is 19.1. The smallest absolute Gasteiger partial charge is 0.272 e. The first kappa shape index (κ1) is 16.2. The molecule has 120 valence electrons. The van der Waals surface area contributed by atoms with Gasteiger partial charge < -0.3 is 15.3 Å². The Morgan fingerprint density at radius 2 is 2.14 bits per heavy atom. The molecule has 0 saturated carbocycles. The van der Waals surface area contributed by atoms with E-state index in [-0.39, 0.29) is 30.7 Å². The van der Waals surface area contributed by atoms with Gasteiger partial charge in [0.15, 0.2) is 5.82 Å². The number of anilines is 1. The van der Waals surface area contributed by atoms with Crippen molar-refractivity contribution >= 4 is 17.3 Å². The fraction of sp³-hybridized carbons (Fsp3) is 0.500. The number of nitrogens with one attached hydrogen (secondary N) is 1. The highest BCUT2D eigenvalue weighted by Crippen LogP contribution is 2.28. The number of piperidine rings is 1. The summed E-state index contributed by atoms with van der Waals surface area (Å²) in [5.74, 6) is -0.876. The number of carbonyl (C=O) groups is 1. The molecule has 0 bridgehead atoms. The molecule has 0 unspecified atom stereocenters. The van der Waals surface area contributed by atoms with Gasteiger partial charge in [-0.3, -0.25) is 14.9 Å². The van der Waals surface area contributed by atoms with Crippen molar-refractivity contribution in [2.24, 2.45) is 5.92 Å². The fourth-order valence-corrected chi connectivity index (χ4v) is 2.57. The second kappa shape index (κ2) is 7.17. The minimum atomic E-state index is -0.634. The Morgan fingerprint density at radius 1 is 1.45 bits per heavy atom. The van der Waals surface area contributed by atoms with Gasteiger partial charge in [-0.2, -0.15) is 0 Å². The normalized spacial score (nSPS) is 15.6. The molecule has 0 aromatic heterocycles. The number of nitro benzene ring substituents is 1. The number of nitrogens with zero attached hydrogens (tertiary/aromatic N) is 2. The van der Waals surface area contributed by atoms with Crippen molar-refractivity contribution in [2.45, 2.75) is 12.8 Å². The summed E-state index contributed by atoms with van der Waals surface area (Å²) in [7, 11) is 0. The second-order valence-corrected chi connectivity index (χ2v) is 5.17. The van der Waals surface area contributed by atoms with E-state index in [4.69, 9.17) is 5.11 Å².